The molecule has 1 N–H and O–H groups in total. The van der Waals surface area contributed by atoms with Gasteiger partial charge in [0.15, 0.2) is 0 Å². The van der Waals surface area contributed by atoms with E-state index in [1.54, 1.807) is 19.2 Å². The van der Waals surface area contributed by atoms with Gasteiger partial charge in [-0.05, 0) is 19.1 Å². The van der Waals surface area contributed by atoms with Gasteiger partial charge < -0.3 is 9.84 Å². The Labute approximate surface area is 82.0 Å². The number of fused-ring (bicyclic) bond motifs is 1. The largest absolute Gasteiger partial charge is 0.506 e. The topological polar surface area (TPSA) is 42.4 Å². The lowest BCUT2D eigenvalue weighted by Crippen LogP contribution is -1.91. The molecule has 14 heavy (non-hydrogen) atoms. The number of rotatable bonds is 1. The summed E-state index contributed by atoms with van der Waals surface area (Å²) in [4.78, 5) is 4.27. The molecule has 0 aliphatic carbocycles. The molecule has 0 aliphatic rings. The summed E-state index contributed by atoms with van der Waals surface area (Å²) >= 11 is 0. The lowest BCUT2D eigenvalue weighted by atomic mass is 10.2. The Balaban J connectivity index is 2.79. The van der Waals surface area contributed by atoms with Gasteiger partial charge >= 0.3 is 0 Å². The van der Waals surface area contributed by atoms with Crippen molar-refractivity contribution < 1.29 is 9.84 Å². The van der Waals surface area contributed by atoms with Crippen molar-refractivity contribution in [1.82, 2.24) is 4.98 Å². The predicted octanol–water partition coefficient (Wildman–Crippen LogP) is 2.26. The molecule has 2 aromatic rings. The van der Waals surface area contributed by atoms with E-state index in [2.05, 4.69) is 4.98 Å². The van der Waals surface area contributed by atoms with E-state index in [1.807, 2.05) is 19.1 Å². The molecule has 0 amide bonds. The highest BCUT2D eigenvalue weighted by Crippen LogP contribution is 2.27. The Morgan fingerprint density at radius 3 is 2.86 bits per heavy atom. The lowest BCUT2D eigenvalue weighted by Gasteiger charge is -2.06. The van der Waals surface area contributed by atoms with Crippen molar-refractivity contribution >= 4 is 10.9 Å². The summed E-state index contributed by atoms with van der Waals surface area (Å²) in [6.45, 7) is 1.85. The number of ether oxygens (including phenoxy) is 1. The summed E-state index contributed by atoms with van der Waals surface area (Å²) in [6.07, 6.45) is 0. The van der Waals surface area contributed by atoms with E-state index in [1.165, 1.54) is 0 Å². The molecule has 3 nitrogen and oxygen atoms in total. The Morgan fingerprint density at radius 1 is 1.36 bits per heavy atom. The van der Waals surface area contributed by atoms with Crippen LogP contribution in [0.25, 0.3) is 10.9 Å². The fourth-order valence-electron chi connectivity index (χ4n) is 1.46. The number of methoxy groups -OCH3 is 1. The van der Waals surface area contributed by atoms with Crippen LogP contribution in [0.3, 0.4) is 0 Å². The molecule has 2 rings (SSSR count). The van der Waals surface area contributed by atoms with Crippen molar-refractivity contribution in [1.29, 1.82) is 0 Å². The van der Waals surface area contributed by atoms with Gasteiger partial charge in [-0.3, -0.25) is 0 Å². The Bertz CT molecular complexity index is 480. The second-order valence-electron chi connectivity index (χ2n) is 3.12. The van der Waals surface area contributed by atoms with Crippen molar-refractivity contribution in [3.05, 3.63) is 30.0 Å². The maximum atomic E-state index is 9.56. The normalized spacial score (nSPS) is 10.4. The molecule has 0 unspecified atom stereocenters. The third-order valence-corrected chi connectivity index (χ3v) is 2.19. The van der Waals surface area contributed by atoms with Crippen LogP contribution in [-0.4, -0.2) is 17.2 Å². The second kappa shape index (κ2) is 3.18. The highest BCUT2D eigenvalue weighted by Gasteiger charge is 2.05. The first-order chi connectivity index (χ1) is 6.72. The van der Waals surface area contributed by atoms with Gasteiger partial charge in [-0.25, -0.2) is 4.98 Å². The molecule has 0 bridgehead atoms. The van der Waals surface area contributed by atoms with Gasteiger partial charge in [-0.15, -0.1) is 0 Å². The van der Waals surface area contributed by atoms with Crippen LogP contribution in [0.4, 0.5) is 0 Å². The van der Waals surface area contributed by atoms with Gasteiger partial charge in [0.25, 0.3) is 0 Å². The number of hydrogen-bond acceptors (Lipinski definition) is 3. The lowest BCUT2D eigenvalue weighted by molar-refractivity contribution is 0.410. The maximum Gasteiger partial charge on any atom is 0.141 e. The van der Waals surface area contributed by atoms with Crippen molar-refractivity contribution in [2.45, 2.75) is 6.92 Å². The molecule has 0 fully saturated rings. The molecule has 0 aliphatic heterocycles. The van der Waals surface area contributed by atoms with Gasteiger partial charge in [0, 0.05) is 5.39 Å². The number of pyridine rings is 1. The van der Waals surface area contributed by atoms with Crippen molar-refractivity contribution in [2.75, 3.05) is 7.11 Å². The van der Waals surface area contributed by atoms with Crippen LogP contribution in [0.5, 0.6) is 11.5 Å². The van der Waals surface area contributed by atoms with E-state index >= 15 is 0 Å². The number of phenolic OH excluding ortho intramolecular Hbond substituents is 1. The molecular formula is C11H11NO2. The molecule has 1 aromatic carbocycles. The standard InChI is InChI=1S/C11H11NO2/c1-7-10(14-2)6-8-4-3-5-9(13)11(8)12-7/h3-6,13H,1-2H3. The molecule has 1 aromatic heterocycles. The number of benzene rings is 1. The third kappa shape index (κ3) is 1.27. The average Bonchev–Trinajstić information content (AvgIpc) is 2.19. The highest BCUT2D eigenvalue weighted by atomic mass is 16.5. The molecular weight excluding hydrogens is 178 g/mol. The van der Waals surface area contributed by atoms with E-state index in [9.17, 15) is 5.11 Å². The number of para-hydroxylation sites is 1. The fourth-order valence-corrected chi connectivity index (χ4v) is 1.46. The molecule has 0 radical (unpaired) electrons. The van der Waals surface area contributed by atoms with Crippen LogP contribution >= 0.6 is 0 Å². The number of aromatic hydroxyl groups is 1. The zero-order valence-corrected chi connectivity index (χ0v) is 8.11. The van der Waals surface area contributed by atoms with Crippen molar-refractivity contribution in [3.8, 4) is 11.5 Å². The monoisotopic (exact) mass is 189 g/mol. The summed E-state index contributed by atoms with van der Waals surface area (Å²) < 4.78 is 5.15. The zero-order valence-electron chi connectivity index (χ0n) is 8.11. The molecule has 0 saturated heterocycles. The summed E-state index contributed by atoms with van der Waals surface area (Å²) in [5.41, 5.74) is 1.40. The fraction of sp³-hybridized carbons (Fsp3) is 0.182. The van der Waals surface area contributed by atoms with E-state index in [0.717, 1.165) is 16.8 Å². The SMILES string of the molecule is COc1cc2cccc(O)c2nc1C. The molecule has 0 atom stereocenters. The Hall–Kier alpha value is -1.77. The number of aryl methyl sites for hydroxylation is 1. The van der Waals surface area contributed by atoms with Crippen molar-refractivity contribution in [2.24, 2.45) is 0 Å². The highest BCUT2D eigenvalue weighted by molar-refractivity contribution is 5.85. The minimum atomic E-state index is 0.202. The Morgan fingerprint density at radius 2 is 2.14 bits per heavy atom. The minimum Gasteiger partial charge on any atom is -0.506 e. The Kier molecular flexibility index (Phi) is 2.00. The van der Waals surface area contributed by atoms with E-state index < -0.39 is 0 Å². The van der Waals surface area contributed by atoms with E-state index in [-0.39, 0.29) is 5.75 Å². The summed E-state index contributed by atoms with van der Waals surface area (Å²) in [5.74, 6) is 0.941. The van der Waals surface area contributed by atoms with Crippen molar-refractivity contribution in [3.63, 3.8) is 0 Å². The number of hydrogen-bond donors (Lipinski definition) is 1. The maximum absolute atomic E-state index is 9.56. The summed E-state index contributed by atoms with van der Waals surface area (Å²) in [6, 6.07) is 7.18. The number of phenols is 1. The molecule has 72 valence electrons. The van der Waals surface area contributed by atoms with Gasteiger partial charge in [0.1, 0.15) is 17.0 Å². The van der Waals surface area contributed by atoms with Gasteiger partial charge in [0.05, 0.1) is 12.8 Å². The van der Waals surface area contributed by atoms with Gasteiger partial charge in [-0.2, -0.15) is 0 Å². The third-order valence-electron chi connectivity index (χ3n) is 2.19. The molecule has 0 saturated carbocycles. The van der Waals surface area contributed by atoms with Crippen LogP contribution in [0, 0.1) is 6.92 Å². The minimum absolute atomic E-state index is 0.202. The van der Waals surface area contributed by atoms with Crippen LogP contribution in [0.1, 0.15) is 5.69 Å². The van der Waals surface area contributed by atoms with Gasteiger partial charge in [0.2, 0.25) is 0 Å². The second-order valence-corrected chi connectivity index (χ2v) is 3.12. The molecule has 1 heterocycles. The van der Waals surface area contributed by atoms with E-state index in [4.69, 9.17) is 4.74 Å². The smallest absolute Gasteiger partial charge is 0.141 e. The average molecular weight is 189 g/mol. The number of aromatic nitrogens is 1. The van der Waals surface area contributed by atoms with Crippen LogP contribution < -0.4 is 4.74 Å². The van der Waals surface area contributed by atoms with Crippen LogP contribution in [-0.2, 0) is 0 Å². The number of nitrogens with zero attached hydrogens (tertiary/aromatic N) is 1. The van der Waals surface area contributed by atoms with Crippen LogP contribution in [0.15, 0.2) is 24.3 Å². The predicted molar refractivity (Wildman–Crippen MR) is 54.7 cm³/mol. The quantitative estimate of drug-likeness (QED) is 0.748. The molecule has 0 spiro atoms. The summed E-state index contributed by atoms with van der Waals surface area (Å²) in [7, 11) is 1.61. The summed E-state index contributed by atoms with van der Waals surface area (Å²) in [5, 5.41) is 10.4. The molecule has 3 heteroatoms. The zero-order chi connectivity index (χ0) is 10.1. The van der Waals surface area contributed by atoms with Gasteiger partial charge in [-0.1, -0.05) is 12.1 Å². The first-order valence-corrected chi connectivity index (χ1v) is 4.35. The first-order valence-electron chi connectivity index (χ1n) is 4.35. The van der Waals surface area contributed by atoms with Crippen LogP contribution in [0.2, 0.25) is 0 Å². The first kappa shape index (κ1) is 8.81. The van der Waals surface area contributed by atoms with E-state index in [0.29, 0.717) is 5.52 Å².